The van der Waals surface area contributed by atoms with Gasteiger partial charge in [0, 0.05) is 18.0 Å². The molecule has 0 saturated heterocycles. The van der Waals surface area contributed by atoms with Gasteiger partial charge < -0.3 is 14.1 Å². The number of benzene rings is 2. The molecular weight excluding hydrogens is 316 g/mol. The molecular formula is C20H16N2O3. The number of esters is 1. The molecule has 4 rings (SSSR count). The van der Waals surface area contributed by atoms with Crippen molar-refractivity contribution in [1.82, 2.24) is 9.38 Å². The molecule has 5 nitrogen and oxygen atoms in total. The highest BCUT2D eigenvalue weighted by Crippen LogP contribution is 2.23. The van der Waals surface area contributed by atoms with E-state index >= 15 is 0 Å². The third-order valence-electron chi connectivity index (χ3n) is 4.17. The Hall–Kier alpha value is -3.34. The summed E-state index contributed by atoms with van der Waals surface area (Å²) in [7, 11) is 0. The SMILES string of the molecule is CCOC(=O)c1cc2c(=O)[nH]c(-c3ccc4ccccc4c3)cn2c1. The Morgan fingerprint density at radius 2 is 1.88 bits per heavy atom. The Morgan fingerprint density at radius 1 is 1.08 bits per heavy atom. The van der Waals surface area contributed by atoms with Crippen LogP contribution in [0.5, 0.6) is 0 Å². The Morgan fingerprint density at radius 3 is 2.68 bits per heavy atom. The van der Waals surface area contributed by atoms with E-state index in [2.05, 4.69) is 4.98 Å². The minimum atomic E-state index is -0.433. The van der Waals surface area contributed by atoms with E-state index in [1.54, 1.807) is 23.6 Å². The first-order chi connectivity index (χ1) is 12.2. The van der Waals surface area contributed by atoms with Crippen molar-refractivity contribution in [2.75, 3.05) is 6.61 Å². The van der Waals surface area contributed by atoms with E-state index in [-0.39, 0.29) is 5.56 Å². The summed E-state index contributed by atoms with van der Waals surface area (Å²) in [6.07, 6.45) is 3.43. The van der Waals surface area contributed by atoms with Crippen molar-refractivity contribution in [3.8, 4) is 11.3 Å². The maximum Gasteiger partial charge on any atom is 0.339 e. The van der Waals surface area contributed by atoms with Gasteiger partial charge in [-0.25, -0.2) is 4.79 Å². The fourth-order valence-corrected chi connectivity index (χ4v) is 2.96. The molecule has 0 spiro atoms. The van der Waals surface area contributed by atoms with Crippen LogP contribution in [0.1, 0.15) is 17.3 Å². The highest BCUT2D eigenvalue weighted by atomic mass is 16.5. The maximum atomic E-state index is 12.4. The molecule has 0 radical (unpaired) electrons. The molecule has 1 N–H and O–H groups in total. The first-order valence-electron chi connectivity index (χ1n) is 8.07. The van der Waals surface area contributed by atoms with Crippen molar-refractivity contribution in [2.45, 2.75) is 6.92 Å². The minimum absolute atomic E-state index is 0.249. The van der Waals surface area contributed by atoms with E-state index in [0.29, 0.717) is 23.4 Å². The Kier molecular flexibility index (Phi) is 3.61. The highest BCUT2D eigenvalue weighted by molar-refractivity contribution is 5.91. The fraction of sp³-hybridized carbons (Fsp3) is 0.100. The third-order valence-corrected chi connectivity index (χ3v) is 4.17. The number of nitrogens with one attached hydrogen (secondary N) is 1. The van der Waals surface area contributed by atoms with E-state index in [1.807, 2.05) is 48.7 Å². The number of fused-ring (bicyclic) bond motifs is 2. The van der Waals surface area contributed by atoms with Gasteiger partial charge in [-0.15, -0.1) is 0 Å². The molecule has 0 bridgehead atoms. The molecule has 0 atom stereocenters. The number of carbonyl (C=O) groups excluding carboxylic acids is 1. The van der Waals surface area contributed by atoms with E-state index in [9.17, 15) is 9.59 Å². The molecule has 4 aromatic rings. The van der Waals surface area contributed by atoms with Crippen molar-refractivity contribution in [1.29, 1.82) is 0 Å². The van der Waals surface area contributed by atoms with E-state index in [0.717, 1.165) is 16.3 Å². The zero-order chi connectivity index (χ0) is 17.4. The van der Waals surface area contributed by atoms with Crippen molar-refractivity contribution < 1.29 is 9.53 Å². The number of aromatic amines is 1. The fourth-order valence-electron chi connectivity index (χ4n) is 2.96. The number of nitrogens with zero attached hydrogens (tertiary/aromatic N) is 1. The first kappa shape index (κ1) is 15.2. The largest absolute Gasteiger partial charge is 0.462 e. The van der Waals surface area contributed by atoms with Gasteiger partial charge in [0.1, 0.15) is 5.52 Å². The molecule has 25 heavy (non-hydrogen) atoms. The lowest BCUT2D eigenvalue weighted by atomic mass is 10.1. The van der Waals surface area contributed by atoms with Crippen LogP contribution in [0.2, 0.25) is 0 Å². The number of rotatable bonds is 3. The summed E-state index contributed by atoms with van der Waals surface area (Å²) >= 11 is 0. The number of ether oxygens (including phenoxy) is 1. The molecule has 2 aromatic heterocycles. The van der Waals surface area contributed by atoms with Crippen LogP contribution in [0.3, 0.4) is 0 Å². The Bertz CT molecular complexity index is 1150. The molecule has 0 amide bonds. The third kappa shape index (κ3) is 2.70. The zero-order valence-electron chi connectivity index (χ0n) is 13.7. The molecule has 0 aliphatic heterocycles. The molecule has 124 valence electrons. The number of carbonyl (C=O) groups is 1. The first-order valence-corrected chi connectivity index (χ1v) is 8.07. The van der Waals surface area contributed by atoms with Crippen LogP contribution < -0.4 is 5.56 Å². The quantitative estimate of drug-likeness (QED) is 0.583. The summed E-state index contributed by atoms with van der Waals surface area (Å²) < 4.78 is 6.66. The van der Waals surface area contributed by atoms with Gasteiger partial charge in [-0.05, 0) is 29.8 Å². The van der Waals surface area contributed by atoms with Gasteiger partial charge in [-0.1, -0.05) is 36.4 Å². The lowest BCUT2D eigenvalue weighted by molar-refractivity contribution is 0.0526. The summed E-state index contributed by atoms with van der Waals surface area (Å²) in [6, 6.07) is 15.6. The van der Waals surface area contributed by atoms with Crippen LogP contribution in [-0.2, 0) is 4.74 Å². The lowest BCUT2D eigenvalue weighted by Gasteiger charge is -2.05. The van der Waals surface area contributed by atoms with Crippen molar-refractivity contribution >= 4 is 22.3 Å². The van der Waals surface area contributed by atoms with Gasteiger partial charge >= 0.3 is 5.97 Å². The van der Waals surface area contributed by atoms with E-state index < -0.39 is 5.97 Å². The van der Waals surface area contributed by atoms with Crippen LogP contribution in [0.25, 0.3) is 27.5 Å². The van der Waals surface area contributed by atoms with E-state index in [4.69, 9.17) is 4.74 Å². The standard InChI is InChI=1S/C20H16N2O3/c1-2-25-20(24)16-10-18-19(23)21-17(12-22(18)11-16)15-8-7-13-5-3-4-6-14(13)9-15/h3-12H,2H2,1H3,(H,21,23). The van der Waals surface area contributed by atoms with Crippen LogP contribution in [0, 0.1) is 0 Å². The van der Waals surface area contributed by atoms with Crippen LogP contribution in [0.15, 0.2) is 65.7 Å². The lowest BCUT2D eigenvalue weighted by Crippen LogP contribution is -2.09. The molecule has 0 saturated carbocycles. The second-order valence-electron chi connectivity index (χ2n) is 5.80. The predicted octanol–water partition coefficient (Wildman–Crippen LogP) is 3.62. The summed E-state index contributed by atoms with van der Waals surface area (Å²) in [5, 5.41) is 2.24. The van der Waals surface area contributed by atoms with Gasteiger partial charge in [-0.2, -0.15) is 0 Å². The van der Waals surface area contributed by atoms with Crippen molar-refractivity contribution in [2.24, 2.45) is 0 Å². The molecule has 2 aromatic carbocycles. The van der Waals surface area contributed by atoms with Gasteiger partial charge in [0.25, 0.3) is 5.56 Å². The van der Waals surface area contributed by atoms with E-state index in [1.165, 1.54) is 0 Å². The molecule has 0 fully saturated rings. The van der Waals surface area contributed by atoms with Crippen molar-refractivity contribution in [3.63, 3.8) is 0 Å². The normalized spacial score (nSPS) is 11.1. The molecule has 0 aliphatic carbocycles. The predicted molar refractivity (Wildman–Crippen MR) is 96.9 cm³/mol. The smallest absolute Gasteiger partial charge is 0.339 e. The van der Waals surface area contributed by atoms with Crippen LogP contribution >= 0.6 is 0 Å². The topological polar surface area (TPSA) is 63.6 Å². The number of hydrogen-bond donors (Lipinski definition) is 1. The van der Waals surface area contributed by atoms with Crippen LogP contribution in [0.4, 0.5) is 0 Å². The Balaban J connectivity index is 1.84. The Labute approximate surface area is 143 Å². The number of H-pyrrole nitrogens is 1. The minimum Gasteiger partial charge on any atom is -0.462 e. The van der Waals surface area contributed by atoms with Gasteiger partial charge in [-0.3, -0.25) is 4.79 Å². The monoisotopic (exact) mass is 332 g/mol. The summed E-state index contributed by atoms with van der Waals surface area (Å²) in [5.41, 5.74) is 2.12. The second-order valence-corrected chi connectivity index (χ2v) is 5.80. The molecule has 0 aliphatic rings. The molecule has 0 unspecified atom stereocenters. The second kappa shape index (κ2) is 5.94. The summed E-state index contributed by atoms with van der Waals surface area (Å²) in [4.78, 5) is 27.2. The number of hydrogen-bond acceptors (Lipinski definition) is 3. The molecule has 5 heteroatoms. The summed E-state index contributed by atoms with van der Waals surface area (Å²) in [5.74, 6) is -0.433. The molecule has 2 heterocycles. The van der Waals surface area contributed by atoms with Crippen LogP contribution in [-0.4, -0.2) is 22.0 Å². The van der Waals surface area contributed by atoms with Gasteiger partial charge in [0.15, 0.2) is 0 Å². The zero-order valence-corrected chi connectivity index (χ0v) is 13.7. The summed E-state index contributed by atoms with van der Waals surface area (Å²) in [6.45, 7) is 2.04. The average molecular weight is 332 g/mol. The van der Waals surface area contributed by atoms with Gasteiger partial charge in [0.05, 0.1) is 17.9 Å². The highest BCUT2D eigenvalue weighted by Gasteiger charge is 2.12. The number of aromatic nitrogens is 2. The van der Waals surface area contributed by atoms with Crippen molar-refractivity contribution in [3.05, 3.63) is 76.8 Å². The average Bonchev–Trinajstić information content (AvgIpc) is 3.06. The maximum absolute atomic E-state index is 12.4. The van der Waals surface area contributed by atoms with Gasteiger partial charge in [0.2, 0.25) is 0 Å².